The fourth-order valence-electron chi connectivity index (χ4n) is 3.66. The van der Waals surface area contributed by atoms with Crippen molar-refractivity contribution in [2.45, 2.75) is 38.4 Å². The highest BCUT2D eigenvalue weighted by Gasteiger charge is 2.17. The first kappa shape index (κ1) is 22.7. The molecule has 6 nitrogen and oxygen atoms in total. The number of hydrogen-bond acceptors (Lipinski definition) is 5. The fourth-order valence-corrected chi connectivity index (χ4v) is 4.40. The molecule has 0 aliphatic heterocycles. The van der Waals surface area contributed by atoms with Crippen LogP contribution in [0.25, 0.3) is 11.4 Å². The van der Waals surface area contributed by atoms with Crippen molar-refractivity contribution in [1.29, 1.82) is 0 Å². The van der Waals surface area contributed by atoms with Gasteiger partial charge in [-0.2, -0.15) is 0 Å². The molecule has 0 bridgehead atoms. The Morgan fingerprint density at radius 1 is 1.03 bits per heavy atom. The van der Waals surface area contributed by atoms with Gasteiger partial charge in [-0.1, -0.05) is 74.1 Å². The number of nitrogens with one attached hydrogen (secondary N) is 1. The number of aromatic nitrogens is 4. The van der Waals surface area contributed by atoms with E-state index in [0.717, 1.165) is 33.8 Å². The molecule has 0 saturated heterocycles. The number of carbonyl (C=O) groups is 1. The van der Waals surface area contributed by atoms with Gasteiger partial charge in [-0.15, -0.1) is 10.2 Å². The summed E-state index contributed by atoms with van der Waals surface area (Å²) < 4.78 is 2.04. The van der Waals surface area contributed by atoms with Crippen molar-refractivity contribution >= 4 is 23.4 Å². The van der Waals surface area contributed by atoms with E-state index < -0.39 is 0 Å². The molecule has 4 rings (SSSR count). The average molecular weight is 458 g/mol. The number of thioether (sulfide) groups is 1. The molecule has 0 aliphatic carbocycles. The smallest absolute Gasteiger partial charge is 0.234 e. The second-order valence-electron chi connectivity index (χ2n) is 8.15. The number of carbonyl (C=O) groups excluding carboxylic acids is 1. The van der Waals surface area contributed by atoms with Gasteiger partial charge >= 0.3 is 0 Å². The maximum absolute atomic E-state index is 12.9. The Morgan fingerprint density at radius 2 is 1.85 bits per heavy atom. The molecule has 33 heavy (non-hydrogen) atoms. The van der Waals surface area contributed by atoms with Crippen LogP contribution < -0.4 is 5.32 Å². The van der Waals surface area contributed by atoms with Gasteiger partial charge in [0.05, 0.1) is 12.3 Å². The summed E-state index contributed by atoms with van der Waals surface area (Å²) in [7, 11) is 0. The summed E-state index contributed by atoms with van der Waals surface area (Å²) in [6, 6.07) is 20.1. The molecule has 168 valence electrons. The zero-order valence-corrected chi connectivity index (χ0v) is 19.8. The lowest BCUT2D eigenvalue weighted by Crippen LogP contribution is -2.17. The topological polar surface area (TPSA) is 72.7 Å². The number of nitrogens with zero attached hydrogens (tertiary/aromatic N) is 4. The molecule has 4 aromatic rings. The van der Waals surface area contributed by atoms with Crippen molar-refractivity contribution in [3.8, 4) is 11.4 Å². The molecule has 0 fully saturated rings. The first-order valence-corrected chi connectivity index (χ1v) is 11.9. The van der Waals surface area contributed by atoms with E-state index >= 15 is 0 Å². The van der Waals surface area contributed by atoms with Gasteiger partial charge in [0.15, 0.2) is 11.0 Å². The van der Waals surface area contributed by atoms with Crippen LogP contribution in [0.3, 0.4) is 0 Å². The largest absolute Gasteiger partial charge is 0.325 e. The summed E-state index contributed by atoms with van der Waals surface area (Å²) in [5.41, 5.74) is 5.12. The lowest BCUT2D eigenvalue weighted by atomic mass is 9.98. The van der Waals surface area contributed by atoms with E-state index in [2.05, 4.69) is 52.5 Å². The van der Waals surface area contributed by atoms with Gasteiger partial charge in [0.2, 0.25) is 5.91 Å². The summed E-state index contributed by atoms with van der Waals surface area (Å²) in [5.74, 6) is 1.24. The minimum atomic E-state index is -0.0617. The molecule has 0 unspecified atom stereocenters. The van der Waals surface area contributed by atoms with Gasteiger partial charge < -0.3 is 5.32 Å². The van der Waals surface area contributed by atoms with Crippen LogP contribution in [0.15, 0.2) is 78.2 Å². The minimum absolute atomic E-state index is 0.0617. The van der Waals surface area contributed by atoms with Crippen molar-refractivity contribution in [3.63, 3.8) is 0 Å². The van der Waals surface area contributed by atoms with Crippen LogP contribution in [0.4, 0.5) is 5.69 Å². The van der Waals surface area contributed by atoms with E-state index in [4.69, 9.17) is 0 Å². The maximum atomic E-state index is 12.9. The zero-order chi connectivity index (χ0) is 23.2. The molecular formula is C26H27N5OS. The molecule has 2 aromatic carbocycles. The molecule has 2 aromatic heterocycles. The first-order valence-electron chi connectivity index (χ1n) is 10.9. The minimum Gasteiger partial charge on any atom is -0.325 e. The third-order valence-electron chi connectivity index (χ3n) is 5.34. The fraction of sp³-hybridized carbons (Fsp3) is 0.231. The van der Waals surface area contributed by atoms with Crippen molar-refractivity contribution in [1.82, 2.24) is 19.7 Å². The van der Waals surface area contributed by atoms with Gasteiger partial charge in [-0.05, 0) is 41.7 Å². The predicted molar refractivity (Wildman–Crippen MR) is 133 cm³/mol. The van der Waals surface area contributed by atoms with Gasteiger partial charge in [0.25, 0.3) is 0 Å². The molecule has 1 amide bonds. The molecule has 0 atom stereocenters. The van der Waals surface area contributed by atoms with Gasteiger partial charge in [-0.3, -0.25) is 14.3 Å². The van der Waals surface area contributed by atoms with E-state index in [1.54, 1.807) is 12.4 Å². The number of aryl methyl sites for hydroxylation is 1. The van der Waals surface area contributed by atoms with E-state index in [9.17, 15) is 4.79 Å². The Morgan fingerprint density at radius 3 is 2.58 bits per heavy atom. The normalized spacial score (nSPS) is 11.0. The number of pyridine rings is 1. The molecular weight excluding hydrogens is 430 g/mol. The lowest BCUT2D eigenvalue weighted by molar-refractivity contribution is -0.113. The quantitative estimate of drug-likeness (QED) is 0.351. The Hall–Kier alpha value is -3.45. The number of para-hydroxylation sites is 1. The van der Waals surface area contributed by atoms with Crippen LogP contribution in [0.1, 0.15) is 36.5 Å². The summed E-state index contributed by atoms with van der Waals surface area (Å²) >= 11 is 1.39. The molecule has 0 saturated carbocycles. The summed E-state index contributed by atoms with van der Waals surface area (Å²) in [6.07, 6.45) is 3.51. The number of rotatable bonds is 8. The third kappa shape index (κ3) is 5.49. The molecule has 0 aliphatic rings. The Labute approximate surface area is 198 Å². The van der Waals surface area contributed by atoms with Crippen molar-refractivity contribution < 1.29 is 4.79 Å². The SMILES string of the molecule is Cc1cccc(C(C)C)c1NC(=O)CSc1nnc(-c2cccnc2)n1Cc1ccccc1. The van der Waals surface area contributed by atoms with Crippen LogP contribution >= 0.6 is 11.8 Å². The van der Waals surface area contributed by atoms with Crippen molar-refractivity contribution in [3.05, 3.63) is 89.7 Å². The van der Waals surface area contributed by atoms with Gasteiger partial charge in [0, 0.05) is 23.6 Å². The Bertz CT molecular complexity index is 1220. The summed E-state index contributed by atoms with van der Waals surface area (Å²) in [4.78, 5) is 17.1. The third-order valence-corrected chi connectivity index (χ3v) is 6.31. The molecule has 7 heteroatoms. The standard InChI is InChI=1S/C26H27N5OS/c1-18(2)22-13-7-9-19(3)24(22)28-23(32)17-33-26-30-29-25(21-12-8-14-27-15-21)31(26)16-20-10-5-4-6-11-20/h4-15,18H,16-17H2,1-3H3,(H,28,32). The molecule has 0 spiro atoms. The van der Waals surface area contributed by atoms with Crippen molar-refractivity contribution in [2.24, 2.45) is 0 Å². The number of benzene rings is 2. The van der Waals surface area contributed by atoms with E-state index in [0.29, 0.717) is 17.6 Å². The van der Waals surface area contributed by atoms with Gasteiger partial charge in [0.1, 0.15) is 0 Å². The second-order valence-corrected chi connectivity index (χ2v) is 9.09. The first-order chi connectivity index (χ1) is 16.0. The molecule has 1 N–H and O–H groups in total. The number of amides is 1. The molecule has 2 heterocycles. The Kier molecular flexibility index (Phi) is 7.19. The lowest BCUT2D eigenvalue weighted by Gasteiger charge is -2.16. The highest BCUT2D eigenvalue weighted by atomic mass is 32.2. The monoisotopic (exact) mass is 457 g/mol. The van der Waals surface area contributed by atoms with E-state index in [1.807, 2.05) is 54.0 Å². The zero-order valence-electron chi connectivity index (χ0n) is 19.0. The van der Waals surface area contributed by atoms with Crippen LogP contribution in [-0.2, 0) is 11.3 Å². The number of hydrogen-bond donors (Lipinski definition) is 1. The Balaban J connectivity index is 1.55. The van der Waals surface area contributed by atoms with E-state index in [-0.39, 0.29) is 11.7 Å². The number of anilines is 1. The van der Waals surface area contributed by atoms with E-state index in [1.165, 1.54) is 11.8 Å². The van der Waals surface area contributed by atoms with Crippen LogP contribution in [0, 0.1) is 6.92 Å². The summed E-state index contributed by atoms with van der Waals surface area (Å²) in [5, 5.41) is 12.6. The predicted octanol–water partition coefficient (Wildman–Crippen LogP) is 5.55. The highest BCUT2D eigenvalue weighted by Crippen LogP contribution is 2.29. The van der Waals surface area contributed by atoms with Crippen LogP contribution in [-0.4, -0.2) is 31.4 Å². The second kappa shape index (κ2) is 10.4. The summed E-state index contributed by atoms with van der Waals surface area (Å²) in [6.45, 7) is 6.89. The van der Waals surface area contributed by atoms with Crippen molar-refractivity contribution in [2.75, 3.05) is 11.1 Å². The van der Waals surface area contributed by atoms with Gasteiger partial charge in [-0.25, -0.2) is 0 Å². The average Bonchev–Trinajstić information content (AvgIpc) is 3.22. The highest BCUT2D eigenvalue weighted by molar-refractivity contribution is 7.99. The maximum Gasteiger partial charge on any atom is 0.234 e. The molecule has 0 radical (unpaired) electrons. The van der Waals surface area contributed by atoms with Crippen LogP contribution in [0.2, 0.25) is 0 Å². The van der Waals surface area contributed by atoms with Crippen LogP contribution in [0.5, 0.6) is 0 Å².